The summed E-state index contributed by atoms with van der Waals surface area (Å²) in [5, 5.41) is 3.93. The molecule has 0 spiro atoms. The smallest absolute Gasteiger partial charge is 0.236 e. The average Bonchev–Trinajstić information content (AvgIpc) is 2.65. The summed E-state index contributed by atoms with van der Waals surface area (Å²) in [6.07, 6.45) is 1.68. The number of carbonyl (C=O) groups excluding carboxylic acids is 1. The van der Waals surface area contributed by atoms with Gasteiger partial charge in [0.05, 0.1) is 6.21 Å². The molecule has 1 aromatic carbocycles. The summed E-state index contributed by atoms with van der Waals surface area (Å²) in [5.74, 6) is -0.172. The Morgan fingerprint density at radius 2 is 1.95 bits per heavy atom. The molecule has 1 heterocycles. The van der Waals surface area contributed by atoms with E-state index < -0.39 is 0 Å². The van der Waals surface area contributed by atoms with Crippen LogP contribution >= 0.6 is 0 Å². The number of hydrogen-bond donors (Lipinski definition) is 1. The molecule has 2 rings (SSSR count). The zero-order valence-corrected chi connectivity index (χ0v) is 12.3. The molecule has 0 aliphatic carbocycles. The molecule has 0 bridgehead atoms. The lowest BCUT2D eigenvalue weighted by molar-refractivity contribution is -0.118. The predicted molar refractivity (Wildman–Crippen MR) is 81.4 cm³/mol. The van der Waals surface area contributed by atoms with E-state index in [0.29, 0.717) is 0 Å². The van der Waals surface area contributed by atoms with E-state index in [1.165, 1.54) is 18.2 Å². The molecule has 1 amide bonds. The van der Waals surface area contributed by atoms with Gasteiger partial charge in [0.1, 0.15) is 0 Å². The molecule has 0 saturated heterocycles. The quantitative estimate of drug-likeness (QED) is 0.676. The van der Waals surface area contributed by atoms with Gasteiger partial charge in [0, 0.05) is 29.6 Å². The number of hydrazone groups is 1. The number of benzene rings is 1. The van der Waals surface area contributed by atoms with Gasteiger partial charge in [0.2, 0.25) is 5.91 Å². The topological polar surface area (TPSA) is 46.4 Å². The third-order valence-electron chi connectivity index (χ3n) is 3.25. The van der Waals surface area contributed by atoms with Crippen LogP contribution in [0, 0.1) is 20.8 Å². The summed E-state index contributed by atoms with van der Waals surface area (Å²) >= 11 is 0. The van der Waals surface area contributed by atoms with Crippen LogP contribution in [-0.2, 0) is 4.79 Å². The van der Waals surface area contributed by atoms with E-state index in [-0.39, 0.29) is 5.91 Å². The van der Waals surface area contributed by atoms with Crippen molar-refractivity contribution in [3.8, 4) is 5.69 Å². The number of rotatable bonds is 3. The van der Waals surface area contributed by atoms with E-state index in [1.54, 1.807) is 6.21 Å². The lowest BCUT2D eigenvalue weighted by Gasteiger charge is -2.12. The Balaban J connectivity index is 2.42. The van der Waals surface area contributed by atoms with Crippen LogP contribution in [0.5, 0.6) is 0 Å². The van der Waals surface area contributed by atoms with Crippen molar-refractivity contribution >= 4 is 12.1 Å². The maximum atomic E-state index is 10.8. The molecule has 1 N–H and O–H groups in total. The Bertz CT molecular complexity index is 668. The molecular formula is C16H19N3O. The molecule has 0 aliphatic heterocycles. The fourth-order valence-corrected chi connectivity index (χ4v) is 2.30. The Kier molecular flexibility index (Phi) is 4.03. The zero-order chi connectivity index (χ0) is 14.7. The van der Waals surface area contributed by atoms with Crippen LogP contribution in [0.3, 0.4) is 0 Å². The molecule has 4 heteroatoms. The Morgan fingerprint density at radius 1 is 1.25 bits per heavy atom. The van der Waals surface area contributed by atoms with Crippen LogP contribution in [0.4, 0.5) is 0 Å². The molecule has 0 unspecified atom stereocenters. The first-order valence-corrected chi connectivity index (χ1v) is 6.55. The minimum atomic E-state index is -0.172. The minimum absolute atomic E-state index is 0.172. The van der Waals surface area contributed by atoms with Gasteiger partial charge in [-0.2, -0.15) is 5.10 Å². The third-order valence-corrected chi connectivity index (χ3v) is 3.25. The SMILES string of the molecule is CC(=O)N/N=C\c1cc(C)n(-c2ccccc2C)c1C. The molecular weight excluding hydrogens is 250 g/mol. The Labute approximate surface area is 119 Å². The van der Waals surface area contributed by atoms with Gasteiger partial charge in [0.25, 0.3) is 0 Å². The van der Waals surface area contributed by atoms with E-state index in [2.05, 4.69) is 54.1 Å². The van der Waals surface area contributed by atoms with E-state index in [9.17, 15) is 4.79 Å². The van der Waals surface area contributed by atoms with Gasteiger partial charge in [-0.05, 0) is 38.5 Å². The number of hydrogen-bond acceptors (Lipinski definition) is 2. The highest BCUT2D eigenvalue weighted by atomic mass is 16.2. The van der Waals surface area contributed by atoms with E-state index >= 15 is 0 Å². The summed E-state index contributed by atoms with van der Waals surface area (Å²) in [6.45, 7) is 7.65. The highest BCUT2D eigenvalue weighted by Gasteiger charge is 2.10. The van der Waals surface area contributed by atoms with Crippen LogP contribution in [0.1, 0.15) is 29.4 Å². The molecule has 104 valence electrons. The molecule has 4 nitrogen and oxygen atoms in total. The second-order valence-electron chi connectivity index (χ2n) is 4.87. The molecule has 0 fully saturated rings. The normalized spacial score (nSPS) is 11.0. The van der Waals surface area contributed by atoms with Crippen molar-refractivity contribution in [2.24, 2.45) is 5.10 Å². The summed E-state index contributed by atoms with van der Waals surface area (Å²) in [5.41, 5.74) is 8.05. The number of aryl methyl sites for hydroxylation is 2. The standard InChI is InChI=1S/C16H19N3O/c1-11-7-5-6-8-16(11)19-12(2)9-15(13(19)3)10-17-18-14(4)20/h5-10H,1-4H3,(H,18,20)/b17-10-. The fraction of sp³-hybridized carbons (Fsp3) is 0.250. The third kappa shape index (κ3) is 2.79. The first kappa shape index (κ1) is 14.1. The molecule has 0 radical (unpaired) electrons. The second-order valence-corrected chi connectivity index (χ2v) is 4.87. The summed E-state index contributed by atoms with van der Waals surface area (Å²) < 4.78 is 2.20. The number of nitrogens with zero attached hydrogens (tertiary/aromatic N) is 2. The summed E-state index contributed by atoms with van der Waals surface area (Å²) in [7, 11) is 0. The average molecular weight is 269 g/mol. The Hall–Kier alpha value is -2.36. The van der Waals surface area contributed by atoms with Crippen LogP contribution in [0.2, 0.25) is 0 Å². The Morgan fingerprint density at radius 3 is 2.60 bits per heavy atom. The second kappa shape index (κ2) is 5.74. The fourth-order valence-electron chi connectivity index (χ4n) is 2.30. The van der Waals surface area contributed by atoms with Gasteiger partial charge in [-0.1, -0.05) is 18.2 Å². The van der Waals surface area contributed by atoms with Gasteiger partial charge in [-0.15, -0.1) is 0 Å². The van der Waals surface area contributed by atoms with Crippen molar-refractivity contribution in [3.63, 3.8) is 0 Å². The highest BCUT2D eigenvalue weighted by Crippen LogP contribution is 2.22. The number of nitrogens with one attached hydrogen (secondary N) is 1. The van der Waals surface area contributed by atoms with Crippen molar-refractivity contribution in [3.05, 3.63) is 52.8 Å². The number of aromatic nitrogens is 1. The molecule has 20 heavy (non-hydrogen) atoms. The van der Waals surface area contributed by atoms with Crippen molar-refractivity contribution in [1.29, 1.82) is 0 Å². The monoisotopic (exact) mass is 269 g/mol. The van der Waals surface area contributed by atoms with Gasteiger partial charge in [0.15, 0.2) is 0 Å². The first-order chi connectivity index (χ1) is 9.50. The maximum absolute atomic E-state index is 10.8. The van der Waals surface area contributed by atoms with Crippen molar-refractivity contribution in [1.82, 2.24) is 9.99 Å². The molecule has 0 atom stereocenters. The van der Waals surface area contributed by atoms with Crippen molar-refractivity contribution in [2.45, 2.75) is 27.7 Å². The van der Waals surface area contributed by atoms with Gasteiger partial charge in [-0.3, -0.25) is 4.79 Å². The summed E-state index contributed by atoms with van der Waals surface area (Å²) in [6, 6.07) is 10.3. The van der Waals surface area contributed by atoms with Gasteiger partial charge < -0.3 is 4.57 Å². The lowest BCUT2D eigenvalue weighted by Crippen LogP contribution is -2.12. The van der Waals surface area contributed by atoms with Gasteiger partial charge in [-0.25, -0.2) is 5.43 Å². The maximum Gasteiger partial charge on any atom is 0.236 e. The number of carbonyl (C=O) groups is 1. The number of amides is 1. The van der Waals surface area contributed by atoms with E-state index in [4.69, 9.17) is 0 Å². The van der Waals surface area contributed by atoms with Crippen LogP contribution in [-0.4, -0.2) is 16.7 Å². The molecule has 2 aromatic rings. The van der Waals surface area contributed by atoms with Crippen LogP contribution < -0.4 is 5.43 Å². The molecule has 0 saturated carbocycles. The first-order valence-electron chi connectivity index (χ1n) is 6.55. The zero-order valence-electron chi connectivity index (χ0n) is 12.3. The molecule has 1 aromatic heterocycles. The van der Waals surface area contributed by atoms with Gasteiger partial charge >= 0.3 is 0 Å². The highest BCUT2D eigenvalue weighted by molar-refractivity contribution is 5.83. The predicted octanol–water partition coefficient (Wildman–Crippen LogP) is 2.87. The lowest BCUT2D eigenvalue weighted by atomic mass is 10.2. The van der Waals surface area contributed by atoms with E-state index in [0.717, 1.165) is 17.0 Å². The van der Waals surface area contributed by atoms with E-state index in [1.807, 2.05) is 12.1 Å². The van der Waals surface area contributed by atoms with Crippen LogP contribution in [0.25, 0.3) is 5.69 Å². The van der Waals surface area contributed by atoms with Crippen molar-refractivity contribution in [2.75, 3.05) is 0 Å². The number of para-hydroxylation sites is 1. The van der Waals surface area contributed by atoms with Crippen LogP contribution in [0.15, 0.2) is 35.4 Å². The molecule has 0 aliphatic rings. The summed E-state index contributed by atoms with van der Waals surface area (Å²) in [4.78, 5) is 10.8. The van der Waals surface area contributed by atoms with Crippen molar-refractivity contribution < 1.29 is 4.79 Å². The minimum Gasteiger partial charge on any atom is -0.318 e. The largest absolute Gasteiger partial charge is 0.318 e.